The molecule has 0 aliphatic rings. The standard InChI is InChI=1S/C26H30N2O4S.C2H2O4/c1-3-31-17-11-16-27-23(20-14-9-6-10-15-20)24(29)28-25-22(26(30)32-4-2)21(18-33-25)19-12-7-5-8-13-19;3-1(4)2(5)6/h5-10,12-15,18,23,27H,3-4,11,16-17H2,1-2H3,(H,28,29);(H,3,4)(H,5,6). The number of hydrogen-bond donors (Lipinski definition) is 4. The van der Waals surface area contributed by atoms with Crippen LogP contribution in [0.3, 0.4) is 0 Å². The lowest BCUT2D eigenvalue weighted by atomic mass is 10.0. The Kier molecular flexibility index (Phi) is 13.4. The Hall–Kier alpha value is -4.06. The number of benzene rings is 2. The number of carbonyl (C=O) groups is 4. The first-order valence-electron chi connectivity index (χ1n) is 12.3. The van der Waals surface area contributed by atoms with Crippen LogP contribution in [0.1, 0.15) is 42.2 Å². The van der Waals surface area contributed by atoms with Crippen molar-refractivity contribution in [3.05, 3.63) is 77.2 Å². The van der Waals surface area contributed by atoms with E-state index < -0.39 is 23.9 Å². The molecule has 1 unspecified atom stereocenters. The number of rotatable bonds is 12. The molecule has 3 aromatic rings. The molecule has 39 heavy (non-hydrogen) atoms. The summed E-state index contributed by atoms with van der Waals surface area (Å²) in [5.74, 6) is -4.33. The van der Waals surface area contributed by atoms with E-state index in [1.165, 1.54) is 11.3 Å². The third-order valence-corrected chi connectivity index (χ3v) is 6.08. The SMILES string of the molecule is CCOCCCNC(C(=O)Nc1scc(-c2ccccc2)c1C(=O)OCC)c1ccccc1.O=C(O)C(=O)O. The number of carboxylic acids is 2. The van der Waals surface area contributed by atoms with Crippen molar-refractivity contribution in [3.63, 3.8) is 0 Å². The maximum absolute atomic E-state index is 13.4. The first-order valence-corrected chi connectivity index (χ1v) is 13.1. The highest BCUT2D eigenvalue weighted by Gasteiger charge is 2.26. The van der Waals surface area contributed by atoms with Gasteiger partial charge < -0.3 is 30.3 Å². The number of nitrogens with one attached hydrogen (secondary N) is 2. The number of carboxylic acid groups (broad SMARTS) is 2. The number of ether oxygens (including phenoxy) is 2. The van der Waals surface area contributed by atoms with Gasteiger partial charge in [0.25, 0.3) is 0 Å². The van der Waals surface area contributed by atoms with Gasteiger partial charge in [-0.1, -0.05) is 60.7 Å². The largest absolute Gasteiger partial charge is 0.473 e. The summed E-state index contributed by atoms with van der Waals surface area (Å²) >= 11 is 1.32. The monoisotopic (exact) mass is 556 g/mol. The van der Waals surface area contributed by atoms with E-state index >= 15 is 0 Å². The third kappa shape index (κ3) is 9.97. The van der Waals surface area contributed by atoms with Crippen LogP contribution in [0, 0.1) is 0 Å². The molecule has 0 saturated heterocycles. The molecule has 0 aliphatic heterocycles. The molecule has 0 bridgehead atoms. The van der Waals surface area contributed by atoms with Gasteiger partial charge in [0.1, 0.15) is 16.6 Å². The molecule has 3 rings (SSSR count). The Bertz CT molecular complexity index is 1200. The van der Waals surface area contributed by atoms with Crippen molar-refractivity contribution in [1.29, 1.82) is 0 Å². The molecule has 10 nitrogen and oxygen atoms in total. The molecule has 0 radical (unpaired) electrons. The van der Waals surface area contributed by atoms with Crippen molar-refractivity contribution in [2.24, 2.45) is 0 Å². The third-order valence-electron chi connectivity index (χ3n) is 5.19. The van der Waals surface area contributed by atoms with Gasteiger partial charge >= 0.3 is 17.9 Å². The topological polar surface area (TPSA) is 151 Å². The Balaban J connectivity index is 0.000000798. The number of anilines is 1. The van der Waals surface area contributed by atoms with Gasteiger partial charge in [-0.15, -0.1) is 11.3 Å². The molecule has 0 spiro atoms. The van der Waals surface area contributed by atoms with Crippen LogP contribution >= 0.6 is 11.3 Å². The summed E-state index contributed by atoms with van der Waals surface area (Å²) in [6, 6.07) is 18.6. The van der Waals surface area contributed by atoms with Gasteiger partial charge in [0.2, 0.25) is 5.91 Å². The summed E-state index contributed by atoms with van der Waals surface area (Å²) in [6.07, 6.45) is 0.787. The predicted molar refractivity (Wildman–Crippen MR) is 148 cm³/mol. The van der Waals surface area contributed by atoms with Gasteiger partial charge in [0.15, 0.2) is 0 Å². The van der Waals surface area contributed by atoms with Crippen molar-refractivity contribution >= 4 is 40.2 Å². The zero-order chi connectivity index (χ0) is 28.6. The molecule has 0 aliphatic carbocycles. The fourth-order valence-electron chi connectivity index (χ4n) is 3.44. The average molecular weight is 557 g/mol. The van der Waals surface area contributed by atoms with Gasteiger partial charge in [0.05, 0.1) is 6.61 Å². The van der Waals surface area contributed by atoms with Crippen LogP contribution in [0.15, 0.2) is 66.0 Å². The van der Waals surface area contributed by atoms with Crippen LogP contribution in [0.4, 0.5) is 5.00 Å². The van der Waals surface area contributed by atoms with Gasteiger partial charge in [-0.05, 0) is 37.9 Å². The lowest BCUT2D eigenvalue weighted by Crippen LogP contribution is -2.34. The minimum Gasteiger partial charge on any atom is -0.473 e. The van der Waals surface area contributed by atoms with Crippen LogP contribution in [0.5, 0.6) is 0 Å². The second kappa shape index (κ2) is 16.7. The second-order valence-corrected chi connectivity index (χ2v) is 8.77. The van der Waals surface area contributed by atoms with Crippen molar-refractivity contribution in [1.82, 2.24) is 5.32 Å². The minimum atomic E-state index is -1.82. The number of aliphatic carboxylic acids is 2. The van der Waals surface area contributed by atoms with Gasteiger partial charge in [0, 0.05) is 24.2 Å². The summed E-state index contributed by atoms with van der Waals surface area (Å²) in [6.45, 7) is 5.90. The van der Waals surface area contributed by atoms with Crippen LogP contribution in [-0.2, 0) is 23.9 Å². The summed E-state index contributed by atoms with van der Waals surface area (Å²) in [7, 11) is 0. The Morgan fingerprint density at radius 3 is 2.08 bits per heavy atom. The first-order chi connectivity index (χ1) is 18.8. The highest BCUT2D eigenvalue weighted by atomic mass is 32.1. The fourth-order valence-corrected chi connectivity index (χ4v) is 4.40. The normalized spacial score (nSPS) is 11.0. The highest BCUT2D eigenvalue weighted by Crippen LogP contribution is 2.36. The van der Waals surface area contributed by atoms with E-state index in [-0.39, 0.29) is 12.5 Å². The number of esters is 1. The summed E-state index contributed by atoms with van der Waals surface area (Å²) in [5.41, 5.74) is 2.87. The van der Waals surface area contributed by atoms with Crippen molar-refractivity contribution < 1.29 is 38.9 Å². The van der Waals surface area contributed by atoms with Crippen LogP contribution < -0.4 is 10.6 Å². The van der Waals surface area contributed by atoms with Crippen LogP contribution in [0.2, 0.25) is 0 Å². The predicted octanol–water partition coefficient (Wildman–Crippen LogP) is 4.44. The fraction of sp³-hybridized carbons (Fsp3) is 0.286. The molecule has 1 amide bonds. The van der Waals surface area contributed by atoms with Crippen molar-refractivity contribution in [2.45, 2.75) is 26.3 Å². The zero-order valence-corrected chi connectivity index (χ0v) is 22.5. The Morgan fingerprint density at radius 1 is 0.897 bits per heavy atom. The first kappa shape index (κ1) is 31.2. The highest BCUT2D eigenvalue weighted by molar-refractivity contribution is 7.15. The molecule has 11 heteroatoms. The molecule has 4 N–H and O–H groups in total. The van der Waals surface area contributed by atoms with E-state index in [9.17, 15) is 9.59 Å². The average Bonchev–Trinajstić information content (AvgIpc) is 3.35. The quantitative estimate of drug-likeness (QED) is 0.144. The van der Waals surface area contributed by atoms with E-state index in [1.54, 1.807) is 6.92 Å². The van der Waals surface area contributed by atoms with E-state index in [0.717, 1.165) is 23.1 Å². The second-order valence-electron chi connectivity index (χ2n) is 7.89. The summed E-state index contributed by atoms with van der Waals surface area (Å²) in [5, 5.41) is 23.4. The van der Waals surface area contributed by atoms with E-state index in [1.807, 2.05) is 73.0 Å². The number of carbonyl (C=O) groups excluding carboxylic acids is 2. The van der Waals surface area contributed by atoms with Gasteiger partial charge in [-0.2, -0.15) is 0 Å². The molecule has 1 aromatic heterocycles. The molecule has 0 fully saturated rings. The number of thiophene rings is 1. The lowest BCUT2D eigenvalue weighted by molar-refractivity contribution is -0.159. The van der Waals surface area contributed by atoms with E-state index in [0.29, 0.717) is 30.3 Å². The summed E-state index contributed by atoms with van der Waals surface area (Å²) in [4.78, 5) is 44.4. The maximum atomic E-state index is 13.4. The van der Waals surface area contributed by atoms with Crippen LogP contribution in [0.25, 0.3) is 11.1 Å². The minimum absolute atomic E-state index is 0.232. The van der Waals surface area contributed by atoms with E-state index in [4.69, 9.17) is 29.3 Å². The maximum Gasteiger partial charge on any atom is 0.414 e. The smallest absolute Gasteiger partial charge is 0.414 e. The van der Waals surface area contributed by atoms with Crippen molar-refractivity contribution in [3.8, 4) is 11.1 Å². The van der Waals surface area contributed by atoms with Crippen molar-refractivity contribution in [2.75, 3.05) is 31.7 Å². The summed E-state index contributed by atoms with van der Waals surface area (Å²) < 4.78 is 10.7. The molecule has 0 saturated carbocycles. The van der Waals surface area contributed by atoms with Gasteiger partial charge in [-0.3, -0.25) is 4.79 Å². The number of amides is 1. The molecular formula is C28H32N2O8S. The molecule has 208 valence electrons. The number of hydrogen-bond acceptors (Lipinski definition) is 8. The molecular weight excluding hydrogens is 524 g/mol. The van der Waals surface area contributed by atoms with E-state index in [2.05, 4.69) is 10.6 Å². The van der Waals surface area contributed by atoms with Crippen LogP contribution in [-0.4, -0.2) is 60.4 Å². The Labute approximate surface area is 230 Å². The molecule has 1 heterocycles. The Morgan fingerprint density at radius 2 is 1.51 bits per heavy atom. The zero-order valence-electron chi connectivity index (χ0n) is 21.7. The molecule has 2 aromatic carbocycles. The van der Waals surface area contributed by atoms with Gasteiger partial charge in [-0.25, -0.2) is 14.4 Å². The lowest BCUT2D eigenvalue weighted by Gasteiger charge is -2.19. The molecule has 1 atom stereocenters.